The number of esters is 1. The Labute approximate surface area is 119 Å². The van der Waals surface area contributed by atoms with E-state index in [0.29, 0.717) is 15.1 Å². The Morgan fingerprint density at radius 3 is 2.50 bits per heavy atom. The average Bonchev–Trinajstić information content (AvgIpc) is 2.30. The minimum Gasteiger partial charge on any atom is -0.467 e. The lowest BCUT2D eigenvalue weighted by Crippen LogP contribution is -2.50. The van der Waals surface area contributed by atoms with E-state index in [1.54, 1.807) is 32.0 Å². The van der Waals surface area contributed by atoms with E-state index >= 15 is 0 Å². The summed E-state index contributed by atoms with van der Waals surface area (Å²) < 4.78 is 5.23. The van der Waals surface area contributed by atoms with Crippen LogP contribution in [0.4, 0.5) is 0 Å². The van der Waals surface area contributed by atoms with Crippen LogP contribution in [-0.2, 0) is 9.53 Å². The van der Waals surface area contributed by atoms with Crippen molar-refractivity contribution in [2.24, 2.45) is 0 Å². The van der Waals surface area contributed by atoms with E-state index < -0.39 is 11.5 Å². The van der Waals surface area contributed by atoms with E-state index in [2.05, 4.69) is 26.0 Å². The molecule has 1 amide bonds. The second-order valence-electron chi connectivity index (χ2n) is 4.20. The van der Waals surface area contributed by atoms with E-state index in [9.17, 15) is 9.59 Å². The summed E-state index contributed by atoms with van der Waals surface area (Å²) >= 11 is 9.07. The molecule has 0 spiro atoms. The molecule has 0 aliphatic rings. The molecular formula is C12H13BrClNO3. The predicted molar refractivity (Wildman–Crippen MR) is 72.7 cm³/mol. The summed E-state index contributed by atoms with van der Waals surface area (Å²) in [5, 5.41) is 3.11. The Hall–Kier alpha value is -1.07. The maximum Gasteiger partial charge on any atom is 0.330 e. The van der Waals surface area contributed by atoms with Gasteiger partial charge in [0.25, 0.3) is 5.91 Å². The lowest BCUT2D eigenvalue weighted by Gasteiger charge is -2.23. The molecule has 0 unspecified atom stereocenters. The predicted octanol–water partition coefficient (Wildman–Crippen LogP) is 2.78. The molecule has 18 heavy (non-hydrogen) atoms. The maximum atomic E-state index is 12.0. The summed E-state index contributed by atoms with van der Waals surface area (Å²) in [6, 6.07) is 4.77. The maximum absolute atomic E-state index is 12.0. The molecule has 0 bridgehead atoms. The van der Waals surface area contributed by atoms with Crippen LogP contribution in [0.2, 0.25) is 5.02 Å². The summed E-state index contributed by atoms with van der Waals surface area (Å²) in [6.45, 7) is 3.14. The van der Waals surface area contributed by atoms with Crippen LogP contribution in [0.25, 0.3) is 0 Å². The molecule has 0 aliphatic carbocycles. The van der Waals surface area contributed by atoms with Gasteiger partial charge >= 0.3 is 5.97 Å². The van der Waals surface area contributed by atoms with Gasteiger partial charge in [0.2, 0.25) is 0 Å². The lowest BCUT2D eigenvalue weighted by atomic mass is 10.1. The topological polar surface area (TPSA) is 55.4 Å². The third kappa shape index (κ3) is 3.46. The largest absolute Gasteiger partial charge is 0.467 e. The Morgan fingerprint density at radius 1 is 1.39 bits per heavy atom. The highest BCUT2D eigenvalue weighted by atomic mass is 79.9. The van der Waals surface area contributed by atoms with Crippen LogP contribution in [0, 0.1) is 0 Å². The number of halogens is 2. The molecule has 0 saturated carbocycles. The number of carbonyl (C=O) groups is 2. The van der Waals surface area contributed by atoms with Crippen molar-refractivity contribution >= 4 is 39.4 Å². The summed E-state index contributed by atoms with van der Waals surface area (Å²) in [7, 11) is 1.27. The molecule has 1 aromatic carbocycles. The molecule has 1 rings (SSSR count). The number of ether oxygens (including phenoxy) is 1. The molecule has 1 aromatic rings. The van der Waals surface area contributed by atoms with Gasteiger partial charge in [-0.2, -0.15) is 0 Å². The standard InChI is InChI=1S/C12H13BrClNO3/c1-12(2,11(17)18-3)15-10(16)7-4-5-9(14)8(13)6-7/h4-6H,1-3H3,(H,15,16). The molecule has 1 N–H and O–H groups in total. The number of carbonyl (C=O) groups excluding carboxylic acids is 2. The molecular weight excluding hydrogens is 321 g/mol. The Balaban J connectivity index is 2.89. The van der Waals surface area contributed by atoms with Crippen molar-refractivity contribution in [3.8, 4) is 0 Å². The van der Waals surface area contributed by atoms with Crippen molar-refractivity contribution in [2.45, 2.75) is 19.4 Å². The third-order valence-corrected chi connectivity index (χ3v) is 3.52. The zero-order valence-corrected chi connectivity index (χ0v) is 12.6. The van der Waals surface area contributed by atoms with Crippen LogP contribution >= 0.6 is 27.5 Å². The van der Waals surface area contributed by atoms with E-state index in [1.807, 2.05) is 0 Å². The fourth-order valence-electron chi connectivity index (χ4n) is 1.30. The Bertz CT molecular complexity index is 488. The number of rotatable bonds is 3. The zero-order chi connectivity index (χ0) is 13.9. The second-order valence-corrected chi connectivity index (χ2v) is 5.46. The van der Waals surface area contributed by atoms with Crippen LogP contribution in [0.5, 0.6) is 0 Å². The first-order valence-electron chi connectivity index (χ1n) is 5.14. The SMILES string of the molecule is COC(=O)C(C)(C)NC(=O)c1ccc(Cl)c(Br)c1. The van der Waals surface area contributed by atoms with E-state index in [-0.39, 0.29) is 5.91 Å². The van der Waals surface area contributed by atoms with E-state index in [0.717, 1.165) is 0 Å². The van der Waals surface area contributed by atoms with Crippen molar-refractivity contribution in [2.75, 3.05) is 7.11 Å². The number of benzene rings is 1. The van der Waals surface area contributed by atoms with E-state index in [4.69, 9.17) is 11.6 Å². The molecule has 6 heteroatoms. The summed E-state index contributed by atoms with van der Waals surface area (Å²) in [5.74, 6) is -0.883. The van der Waals surface area contributed by atoms with Gasteiger partial charge in [-0.3, -0.25) is 4.79 Å². The summed E-state index contributed by atoms with van der Waals surface area (Å²) in [4.78, 5) is 23.4. The Morgan fingerprint density at radius 2 is 2.00 bits per heavy atom. The zero-order valence-electron chi connectivity index (χ0n) is 10.2. The van der Waals surface area contributed by atoms with Crippen LogP contribution in [0.3, 0.4) is 0 Å². The summed E-state index contributed by atoms with van der Waals surface area (Å²) in [5.41, 5.74) is -0.680. The minimum atomic E-state index is -1.09. The van der Waals surface area contributed by atoms with Crippen molar-refractivity contribution in [1.82, 2.24) is 5.32 Å². The number of methoxy groups -OCH3 is 1. The monoisotopic (exact) mass is 333 g/mol. The van der Waals surface area contributed by atoms with Crippen LogP contribution in [-0.4, -0.2) is 24.5 Å². The van der Waals surface area contributed by atoms with Crippen molar-refractivity contribution in [3.63, 3.8) is 0 Å². The van der Waals surface area contributed by atoms with Gasteiger partial charge in [0.05, 0.1) is 12.1 Å². The van der Waals surface area contributed by atoms with Crippen molar-refractivity contribution in [1.29, 1.82) is 0 Å². The Kier molecular flexibility index (Phi) is 4.76. The minimum absolute atomic E-state index is 0.372. The highest BCUT2D eigenvalue weighted by molar-refractivity contribution is 9.10. The quantitative estimate of drug-likeness (QED) is 0.865. The van der Waals surface area contributed by atoms with Gasteiger partial charge in [-0.05, 0) is 48.0 Å². The van der Waals surface area contributed by atoms with Gasteiger partial charge in [0, 0.05) is 10.0 Å². The third-order valence-electron chi connectivity index (χ3n) is 2.30. The molecule has 4 nitrogen and oxygen atoms in total. The highest BCUT2D eigenvalue weighted by Gasteiger charge is 2.30. The summed E-state index contributed by atoms with van der Waals surface area (Å²) in [6.07, 6.45) is 0. The van der Waals surface area contributed by atoms with Gasteiger partial charge in [-0.25, -0.2) is 4.79 Å². The fraction of sp³-hybridized carbons (Fsp3) is 0.333. The van der Waals surface area contributed by atoms with Crippen molar-refractivity contribution in [3.05, 3.63) is 33.3 Å². The smallest absolute Gasteiger partial charge is 0.330 e. The number of amides is 1. The van der Waals surface area contributed by atoms with Gasteiger partial charge in [-0.1, -0.05) is 11.6 Å². The first kappa shape index (κ1) is 15.0. The molecule has 0 fully saturated rings. The lowest BCUT2D eigenvalue weighted by molar-refractivity contribution is -0.146. The number of hydrogen-bond acceptors (Lipinski definition) is 3. The molecule has 0 saturated heterocycles. The van der Waals surface area contributed by atoms with Gasteiger partial charge in [0.15, 0.2) is 0 Å². The molecule has 0 aromatic heterocycles. The van der Waals surface area contributed by atoms with Gasteiger partial charge in [0.1, 0.15) is 5.54 Å². The highest BCUT2D eigenvalue weighted by Crippen LogP contribution is 2.23. The normalized spacial score (nSPS) is 10.9. The van der Waals surface area contributed by atoms with E-state index in [1.165, 1.54) is 7.11 Å². The molecule has 98 valence electrons. The molecule has 0 aliphatic heterocycles. The van der Waals surface area contributed by atoms with Gasteiger partial charge < -0.3 is 10.1 Å². The second kappa shape index (κ2) is 5.71. The molecule has 0 radical (unpaired) electrons. The average molecular weight is 335 g/mol. The fourth-order valence-corrected chi connectivity index (χ4v) is 1.80. The van der Waals surface area contributed by atoms with Crippen molar-refractivity contribution < 1.29 is 14.3 Å². The molecule has 0 atom stereocenters. The first-order chi connectivity index (χ1) is 8.27. The van der Waals surface area contributed by atoms with Crippen LogP contribution < -0.4 is 5.32 Å². The van der Waals surface area contributed by atoms with Gasteiger partial charge in [-0.15, -0.1) is 0 Å². The van der Waals surface area contributed by atoms with Crippen LogP contribution in [0.1, 0.15) is 24.2 Å². The molecule has 0 heterocycles. The first-order valence-corrected chi connectivity index (χ1v) is 6.31. The number of hydrogen-bond donors (Lipinski definition) is 1. The van der Waals surface area contributed by atoms with Crippen LogP contribution in [0.15, 0.2) is 22.7 Å². The number of nitrogens with one attached hydrogen (secondary N) is 1.